The molecule has 2 aliphatic rings. The summed E-state index contributed by atoms with van der Waals surface area (Å²) in [6.45, 7) is 8.07. The van der Waals surface area contributed by atoms with Crippen LogP contribution in [0, 0.1) is 5.92 Å². The van der Waals surface area contributed by atoms with E-state index in [9.17, 15) is 0 Å². The van der Waals surface area contributed by atoms with Gasteiger partial charge < -0.3 is 5.32 Å². The third-order valence-electron chi connectivity index (χ3n) is 5.03. The summed E-state index contributed by atoms with van der Waals surface area (Å²) in [4.78, 5) is 2.69. The van der Waals surface area contributed by atoms with E-state index in [1.165, 1.54) is 37.8 Å². The van der Waals surface area contributed by atoms with E-state index < -0.39 is 0 Å². The predicted octanol–water partition coefficient (Wildman–Crippen LogP) is 2.16. The van der Waals surface area contributed by atoms with Crippen LogP contribution in [0.25, 0.3) is 0 Å². The lowest BCUT2D eigenvalue weighted by Gasteiger charge is -2.46. The molecule has 1 aromatic rings. The molecule has 0 amide bonds. The fourth-order valence-corrected chi connectivity index (χ4v) is 3.67. The summed E-state index contributed by atoms with van der Waals surface area (Å²) in [6.07, 6.45) is 9.52. The maximum absolute atomic E-state index is 4.31. The summed E-state index contributed by atoms with van der Waals surface area (Å²) in [5.74, 6) is 0.890. The van der Waals surface area contributed by atoms with Gasteiger partial charge in [0.05, 0.1) is 6.20 Å². The van der Waals surface area contributed by atoms with E-state index in [2.05, 4.69) is 35.4 Å². The van der Waals surface area contributed by atoms with E-state index in [0.717, 1.165) is 19.0 Å². The summed E-state index contributed by atoms with van der Waals surface area (Å²) in [5.41, 5.74) is 1.67. The van der Waals surface area contributed by atoms with Gasteiger partial charge in [0.2, 0.25) is 0 Å². The van der Waals surface area contributed by atoms with Crippen LogP contribution in [0.15, 0.2) is 12.4 Å². The highest BCUT2D eigenvalue weighted by Crippen LogP contribution is 2.41. The van der Waals surface area contributed by atoms with Gasteiger partial charge in [-0.25, -0.2) is 0 Å². The van der Waals surface area contributed by atoms with Gasteiger partial charge in [0, 0.05) is 50.0 Å². The molecule has 0 spiro atoms. The lowest BCUT2D eigenvalue weighted by molar-refractivity contribution is 0.0638. The molecular formula is C16H28N4. The van der Waals surface area contributed by atoms with Crippen LogP contribution < -0.4 is 5.32 Å². The van der Waals surface area contributed by atoms with Crippen molar-refractivity contribution in [2.75, 3.05) is 13.1 Å². The Labute approximate surface area is 122 Å². The van der Waals surface area contributed by atoms with Gasteiger partial charge in [0.25, 0.3) is 0 Å². The monoisotopic (exact) mass is 276 g/mol. The van der Waals surface area contributed by atoms with Crippen LogP contribution in [0.2, 0.25) is 0 Å². The zero-order valence-corrected chi connectivity index (χ0v) is 13.1. The van der Waals surface area contributed by atoms with E-state index in [-0.39, 0.29) is 0 Å². The van der Waals surface area contributed by atoms with Crippen molar-refractivity contribution in [1.82, 2.24) is 20.0 Å². The van der Waals surface area contributed by atoms with Crippen LogP contribution in [-0.4, -0.2) is 39.4 Å². The molecule has 0 aromatic carbocycles. The molecular weight excluding hydrogens is 248 g/mol. The highest BCUT2D eigenvalue weighted by Gasteiger charge is 2.45. The van der Waals surface area contributed by atoms with Gasteiger partial charge in [-0.2, -0.15) is 5.10 Å². The standard InChI is InChI=1S/C16H28N4/c1-4-5-15-9-17-16(2,14-6-7-14)12-20(15)11-13-8-18-19(3)10-13/h8,10,14-15,17H,4-7,9,11-12H2,1-3H3. The zero-order valence-electron chi connectivity index (χ0n) is 13.1. The molecule has 1 N–H and O–H groups in total. The number of nitrogens with one attached hydrogen (secondary N) is 1. The van der Waals surface area contributed by atoms with E-state index in [4.69, 9.17) is 0 Å². The molecule has 1 aliphatic carbocycles. The highest BCUT2D eigenvalue weighted by molar-refractivity contribution is 5.08. The maximum Gasteiger partial charge on any atom is 0.0534 e. The van der Waals surface area contributed by atoms with E-state index >= 15 is 0 Å². The quantitative estimate of drug-likeness (QED) is 0.894. The molecule has 1 aliphatic heterocycles. The minimum atomic E-state index is 0.326. The first-order chi connectivity index (χ1) is 9.60. The van der Waals surface area contributed by atoms with Crippen LogP contribution >= 0.6 is 0 Å². The summed E-state index contributed by atoms with van der Waals surface area (Å²) >= 11 is 0. The number of aryl methyl sites for hydroxylation is 1. The Balaban J connectivity index is 1.71. The van der Waals surface area contributed by atoms with Crippen LogP contribution in [0.1, 0.15) is 45.1 Å². The number of rotatable bonds is 5. The van der Waals surface area contributed by atoms with Gasteiger partial charge in [-0.15, -0.1) is 0 Å². The number of hydrogen-bond acceptors (Lipinski definition) is 3. The normalized spacial score (nSPS) is 31.6. The van der Waals surface area contributed by atoms with Crippen molar-refractivity contribution in [3.8, 4) is 0 Å². The number of hydrogen-bond donors (Lipinski definition) is 1. The Morgan fingerprint density at radius 3 is 2.85 bits per heavy atom. The minimum Gasteiger partial charge on any atom is -0.308 e. The molecule has 20 heavy (non-hydrogen) atoms. The Morgan fingerprint density at radius 2 is 2.25 bits per heavy atom. The number of nitrogens with zero attached hydrogens (tertiary/aromatic N) is 3. The summed E-state index contributed by atoms with van der Waals surface area (Å²) < 4.78 is 1.91. The van der Waals surface area contributed by atoms with Gasteiger partial charge in [-0.3, -0.25) is 9.58 Å². The first kappa shape index (κ1) is 14.1. The Bertz CT molecular complexity index is 451. The predicted molar refractivity (Wildman–Crippen MR) is 81.4 cm³/mol. The topological polar surface area (TPSA) is 33.1 Å². The highest BCUT2D eigenvalue weighted by atomic mass is 15.3. The zero-order chi connectivity index (χ0) is 14.2. The van der Waals surface area contributed by atoms with Gasteiger partial charge >= 0.3 is 0 Å². The Hall–Kier alpha value is -0.870. The SMILES string of the molecule is CCCC1CNC(C)(C2CC2)CN1Cc1cnn(C)c1. The molecule has 3 rings (SSSR count). The lowest BCUT2D eigenvalue weighted by atomic mass is 9.89. The number of aromatic nitrogens is 2. The summed E-state index contributed by atoms with van der Waals surface area (Å²) in [5, 5.41) is 8.16. The van der Waals surface area contributed by atoms with Crippen molar-refractivity contribution in [2.24, 2.45) is 13.0 Å². The molecule has 4 nitrogen and oxygen atoms in total. The Morgan fingerprint density at radius 1 is 1.45 bits per heavy atom. The third kappa shape index (κ3) is 2.91. The van der Waals surface area contributed by atoms with Crippen LogP contribution in [0.5, 0.6) is 0 Å². The largest absolute Gasteiger partial charge is 0.308 e. The molecule has 0 radical (unpaired) electrons. The molecule has 112 valence electrons. The van der Waals surface area contributed by atoms with Crippen molar-refractivity contribution in [2.45, 2.75) is 57.7 Å². The molecule has 0 bridgehead atoms. The molecule has 2 fully saturated rings. The average molecular weight is 276 g/mol. The third-order valence-corrected chi connectivity index (χ3v) is 5.03. The van der Waals surface area contributed by atoms with Crippen molar-refractivity contribution < 1.29 is 0 Å². The minimum absolute atomic E-state index is 0.326. The maximum atomic E-state index is 4.31. The van der Waals surface area contributed by atoms with Gasteiger partial charge in [-0.1, -0.05) is 13.3 Å². The van der Waals surface area contributed by atoms with Crippen LogP contribution in [-0.2, 0) is 13.6 Å². The molecule has 4 heteroatoms. The summed E-state index contributed by atoms with van der Waals surface area (Å²) in [7, 11) is 2.00. The van der Waals surface area contributed by atoms with Crippen molar-refractivity contribution in [1.29, 1.82) is 0 Å². The van der Waals surface area contributed by atoms with Gasteiger partial charge in [0.1, 0.15) is 0 Å². The van der Waals surface area contributed by atoms with E-state index in [1.54, 1.807) is 0 Å². The first-order valence-corrected chi connectivity index (χ1v) is 8.07. The second-order valence-corrected chi connectivity index (χ2v) is 6.94. The second kappa shape index (κ2) is 5.49. The second-order valence-electron chi connectivity index (χ2n) is 6.94. The number of piperazine rings is 1. The molecule has 1 saturated carbocycles. The van der Waals surface area contributed by atoms with E-state index in [1.807, 2.05) is 17.9 Å². The van der Waals surface area contributed by atoms with Crippen LogP contribution in [0.3, 0.4) is 0 Å². The molecule has 2 atom stereocenters. The summed E-state index contributed by atoms with van der Waals surface area (Å²) in [6, 6.07) is 0.673. The fraction of sp³-hybridized carbons (Fsp3) is 0.812. The molecule has 1 saturated heterocycles. The smallest absolute Gasteiger partial charge is 0.0534 e. The molecule has 2 heterocycles. The molecule has 1 aromatic heterocycles. The molecule has 2 unspecified atom stereocenters. The Kier molecular flexibility index (Phi) is 3.87. The van der Waals surface area contributed by atoms with Crippen molar-refractivity contribution in [3.05, 3.63) is 18.0 Å². The average Bonchev–Trinajstić information content (AvgIpc) is 3.19. The first-order valence-electron chi connectivity index (χ1n) is 8.07. The van der Waals surface area contributed by atoms with Gasteiger partial charge in [-0.05, 0) is 32.1 Å². The van der Waals surface area contributed by atoms with Gasteiger partial charge in [0.15, 0.2) is 0 Å². The lowest BCUT2D eigenvalue weighted by Crippen LogP contribution is -2.63. The van der Waals surface area contributed by atoms with Crippen molar-refractivity contribution >= 4 is 0 Å². The van der Waals surface area contributed by atoms with E-state index in [0.29, 0.717) is 11.6 Å². The van der Waals surface area contributed by atoms with Crippen LogP contribution in [0.4, 0.5) is 0 Å². The van der Waals surface area contributed by atoms with Crippen molar-refractivity contribution in [3.63, 3.8) is 0 Å². The fourth-order valence-electron chi connectivity index (χ4n) is 3.67.